The SMILES string of the molecule is C=C1N=C(c2ccccc2O)N=C1c1ccc(C)cc1. The van der Waals surface area contributed by atoms with Crippen LogP contribution in [0.15, 0.2) is 70.8 Å². The number of aliphatic imine (C=N–C) groups is 2. The van der Waals surface area contributed by atoms with Crippen LogP contribution in [0.5, 0.6) is 5.75 Å². The molecule has 3 rings (SSSR count). The molecule has 0 spiro atoms. The number of phenolic OH excluding ortho intramolecular Hbond substituents is 1. The lowest BCUT2D eigenvalue weighted by Gasteiger charge is -2.01. The van der Waals surface area contributed by atoms with E-state index in [1.54, 1.807) is 18.2 Å². The average Bonchev–Trinajstić information content (AvgIpc) is 2.82. The first-order chi connectivity index (χ1) is 9.65. The van der Waals surface area contributed by atoms with Crippen LogP contribution in [-0.2, 0) is 0 Å². The molecule has 0 atom stereocenters. The van der Waals surface area contributed by atoms with E-state index in [1.165, 1.54) is 5.56 Å². The van der Waals surface area contributed by atoms with Crippen LogP contribution in [0.2, 0.25) is 0 Å². The lowest BCUT2D eigenvalue weighted by molar-refractivity contribution is 0.474. The van der Waals surface area contributed by atoms with Gasteiger partial charge in [-0.2, -0.15) is 0 Å². The molecular formula is C17H14N2O. The molecule has 0 radical (unpaired) electrons. The number of rotatable bonds is 2. The van der Waals surface area contributed by atoms with Crippen molar-refractivity contribution in [3.63, 3.8) is 0 Å². The summed E-state index contributed by atoms with van der Waals surface area (Å²) < 4.78 is 0. The van der Waals surface area contributed by atoms with E-state index >= 15 is 0 Å². The van der Waals surface area contributed by atoms with Gasteiger partial charge >= 0.3 is 0 Å². The maximum atomic E-state index is 9.87. The smallest absolute Gasteiger partial charge is 0.164 e. The quantitative estimate of drug-likeness (QED) is 0.885. The van der Waals surface area contributed by atoms with E-state index in [9.17, 15) is 5.11 Å². The zero-order chi connectivity index (χ0) is 14.1. The lowest BCUT2D eigenvalue weighted by Crippen LogP contribution is -2.00. The molecule has 2 aromatic carbocycles. The Morgan fingerprint density at radius 1 is 0.950 bits per heavy atom. The van der Waals surface area contributed by atoms with Crippen molar-refractivity contribution in [1.82, 2.24) is 0 Å². The summed E-state index contributed by atoms with van der Waals surface area (Å²) in [4.78, 5) is 8.87. The van der Waals surface area contributed by atoms with Crippen LogP contribution >= 0.6 is 0 Å². The minimum absolute atomic E-state index is 0.174. The standard InChI is InChI=1S/C17H14N2O/c1-11-7-9-13(10-8-11)16-12(2)18-17(19-16)14-5-3-4-6-15(14)20/h3-10,20H,2H2,1H3. The van der Waals surface area contributed by atoms with Gasteiger partial charge in [0.2, 0.25) is 0 Å². The molecule has 2 aromatic rings. The normalized spacial score (nSPS) is 14.2. The maximum absolute atomic E-state index is 9.87. The van der Waals surface area contributed by atoms with E-state index in [0.29, 0.717) is 17.1 Å². The highest BCUT2D eigenvalue weighted by molar-refractivity contribution is 6.24. The zero-order valence-corrected chi connectivity index (χ0v) is 11.2. The summed E-state index contributed by atoms with van der Waals surface area (Å²) in [7, 11) is 0. The van der Waals surface area contributed by atoms with E-state index < -0.39 is 0 Å². The predicted octanol–water partition coefficient (Wildman–Crippen LogP) is 3.46. The highest BCUT2D eigenvalue weighted by Gasteiger charge is 2.19. The van der Waals surface area contributed by atoms with Crippen molar-refractivity contribution >= 4 is 11.5 Å². The summed E-state index contributed by atoms with van der Waals surface area (Å²) in [6.45, 7) is 5.98. The molecule has 0 amide bonds. The number of hydrogen-bond acceptors (Lipinski definition) is 3. The number of amidine groups is 1. The summed E-state index contributed by atoms with van der Waals surface area (Å²) in [5.74, 6) is 0.677. The minimum atomic E-state index is 0.174. The number of benzene rings is 2. The van der Waals surface area contributed by atoms with Crippen molar-refractivity contribution in [3.05, 3.63) is 77.5 Å². The Morgan fingerprint density at radius 2 is 1.65 bits per heavy atom. The first-order valence-corrected chi connectivity index (χ1v) is 6.37. The van der Waals surface area contributed by atoms with Crippen LogP contribution in [0.25, 0.3) is 0 Å². The third kappa shape index (κ3) is 2.14. The number of nitrogens with zero attached hydrogens (tertiary/aromatic N) is 2. The Morgan fingerprint density at radius 3 is 2.35 bits per heavy atom. The first-order valence-electron chi connectivity index (χ1n) is 6.37. The van der Waals surface area contributed by atoms with E-state index in [0.717, 1.165) is 11.3 Å². The molecule has 1 aliphatic heterocycles. The molecule has 1 aliphatic rings. The van der Waals surface area contributed by atoms with Crippen molar-refractivity contribution in [2.24, 2.45) is 9.98 Å². The van der Waals surface area contributed by atoms with Gasteiger partial charge < -0.3 is 5.11 Å². The molecule has 3 heteroatoms. The van der Waals surface area contributed by atoms with Crippen molar-refractivity contribution < 1.29 is 5.11 Å². The Kier molecular flexibility index (Phi) is 2.95. The average molecular weight is 262 g/mol. The summed E-state index contributed by atoms with van der Waals surface area (Å²) in [5.41, 5.74) is 4.17. The van der Waals surface area contributed by atoms with Gasteiger partial charge in [0, 0.05) is 5.56 Å². The second kappa shape index (κ2) is 4.78. The molecule has 3 nitrogen and oxygen atoms in total. The van der Waals surface area contributed by atoms with Crippen molar-refractivity contribution in [1.29, 1.82) is 0 Å². The van der Waals surface area contributed by atoms with E-state index in [1.807, 2.05) is 37.3 Å². The summed E-state index contributed by atoms with van der Waals surface area (Å²) in [5, 5.41) is 9.87. The topological polar surface area (TPSA) is 45.0 Å². The van der Waals surface area contributed by atoms with Gasteiger partial charge in [0.25, 0.3) is 0 Å². The van der Waals surface area contributed by atoms with Gasteiger partial charge in [-0.25, -0.2) is 9.98 Å². The number of phenols is 1. The molecule has 20 heavy (non-hydrogen) atoms. The second-order valence-electron chi connectivity index (χ2n) is 4.73. The van der Waals surface area contributed by atoms with E-state index in [4.69, 9.17) is 0 Å². The Bertz CT molecular complexity index is 740. The number of allylic oxidation sites excluding steroid dienone is 1. The van der Waals surface area contributed by atoms with Gasteiger partial charge in [0.05, 0.1) is 17.0 Å². The van der Waals surface area contributed by atoms with E-state index in [-0.39, 0.29) is 5.75 Å². The monoisotopic (exact) mass is 262 g/mol. The van der Waals surface area contributed by atoms with Crippen LogP contribution < -0.4 is 0 Å². The van der Waals surface area contributed by atoms with Crippen LogP contribution in [0, 0.1) is 6.92 Å². The van der Waals surface area contributed by atoms with Gasteiger partial charge in [-0.3, -0.25) is 0 Å². The molecule has 0 unspecified atom stereocenters. The van der Waals surface area contributed by atoms with Crippen LogP contribution in [0.4, 0.5) is 0 Å². The van der Waals surface area contributed by atoms with Crippen LogP contribution in [0.3, 0.4) is 0 Å². The second-order valence-corrected chi connectivity index (χ2v) is 4.73. The van der Waals surface area contributed by atoms with Crippen LogP contribution in [0.1, 0.15) is 16.7 Å². The number of para-hydroxylation sites is 1. The molecule has 1 heterocycles. The van der Waals surface area contributed by atoms with Crippen molar-refractivity contribution in [3.8, 4) is 5.75 Å². The van der Waals surface area contributed by atoms with Gasteiger partial charge in [0.15, 0.2) is 5.84 Å². The number of aryl methyl sites for hydroxylation is 1. The molecule has 0 bridgehead atoms. The predicted molar refractivity (Wildman–Crippen MR) is 81.5 cm³/mol. The molecule has 0 saturated heterocycles. The molecule has 0 saturated carbocycles. The fourth-order valence-electron chi connectivity index (χ4n) is 2.10. The summed E-state index contributed by atoms with van der Waals surface area (Å²) in [6.07, 6.45) is 0. The van der Waals surface area contributed by atoms with Crippen molar-refractivity contribution in [2.45, 2.75) is 6.92 Å². The Labute approximate surface area is 117 Å². The molecule has 0 fully saturated rings. The first kappa shape index (κ1) is 12.4. The van der Waals surface area contributed by atoms with Crippen molar-refractivity contribution in [2.75, 3.05) is 0 Å². The summed E-state index contributed by atoms with van der Waals surface area (Å²) >= 11 is 0. The fourth-order valence-corrected chi connectivity index (χ4v) is 2.10. The minimum Gasteiger partial charge on any atom is -0.507 e. The lowest BCUT2D eigenvalue weighted by atomic mass is 10.1. The molecule has 0 aromatic heterocycles. The zero-order valence-electron chi connectivity index (χ0n) is 11.2. The van der Waals surface area contributed by atoms with Crippen LogP contribution in [-0.4, -0.2) is 16.7 Å². The van der Waals surface area contributed by atoms with Gasteiger partial charge in [0.1, 0.15) is 5.75 Å². The number of aromatic hydroxyl groups is 1. The highest BCUT2D eigenvalue weighted by Crippen LogP contribution is 2.24. The van der Waals surface area contributed by atoms with Gasteiger partial charge in [-0.1, -0.05) is 48.5 Å². The molecule has 98 valence electrons. The largest absolute Gasteiger partial charge is 0.507 e. The molecule has 1 N–H and O–H groups in total. The molecule has 0 aliphatic carbocycles. The third-order valence-corrected chi connectivity index (χ3v) is 3.20. The molecular weight excluding hydrogens is 248 g/mol. The number of hydrogen-bond donors (Lipinski definition) is 1. The highest BCUT2D eigenvalue weighted by atomic mass is 16.3. The fraction of sp³-hybridized carbons (Fsp3) is 0.0588. The summed E-state index contributed by atoms with van der Waals surface area (Å²) in [6, 6.07) is 15.1. The van der Waals surface area contributed by atoms with Gasteiger partial charge in [-0.05, 0) is 19.1 Å². The van der Waals surface area contributed by atoms with Gasteiger partial charge in [-0.15, -0.1) is 0 Å². The van der Waals surface area contributed by atoms with E-state index in [2.05, 4.69) is 16.6 Å². The third-order valence-electron chi connectivity index (χ3n) is 3.20. The Hall–Kier alpha value is -2.68. The Balaban J connectivity index is 2.01. The maximum Gasteiger partial charge on any atom is 0.164 e.